The molecule has 0 saturated heterocycles. The molecule has 0 amide bonds. The maximum Gasteiger partial charge on any atom is 0.309 e. The van der Waals surface area contributed by atoms with Gasteiger partial charge >= 0.3 is 5.97 Å². The standard InChI is InChI=1S/C7H5IN2O2S/c8-5-2-9-7-10(5)4(3-13-7)1-6(11)12/h2-3H,1H2,(H,11,12). The van der Waals surface area contributed by atoms with E-state index in [-0.39, 0.29) is 6.42 Å². The maximum atomic E-state index is 10.5. The van der Waals surface area contributed by atoms with Gasteiger partial charge in [0.2, 0.25) is 0 Å². The van der Waals surface area contributed by atoms with Gasteiger partial charge in [0.25, 0.3) is 0 Å². The molecule has 6 heteroatoms. The van der Waals surface area contributed by atoms with Gasteiger partial charge in [0.1, 0.15) is 3.70 Å². The molecular weight excluding hydrogens is 303 g/mol. The molecule has 0 aromatic carbocycles. The largest absolute Gasteiger partial charge is 0.481 e. The van der Waals surface area contributed by atoms with E-state index < -0.39 is 5.97 Å². The molecule has 0 unspecified atom stereocenters. The molecule has 0 radical (unpaired) electrons. The van der Waals surface area contributed by atoms with Crippen molar-refractivity contribution in [1.29, 1.82) is 0 Å². The fraction of sp³-hybridized carbons (Fsp3) is 0.143. The smallest absolute Gasteiger partial charge is 0.309 e. The van der Waals surface area contributed by atoms with Gasteiger partial charge in [-0.2, -0.15) is 0 Å². The highest BCUT2D eigenvalue weighted by atomic mass is 127. The summed E-state index contributed by atoms with van der Waals surface area (Å²) in [6, 6.07) is 0. The Morgan fingerprint density at radius 3 is 3.23 bits per heavy atom. The number of aliphatic carboxylic acids is 1. The number of carbonyl (C=O) groups is 1. The first kappa shape index (κ1) is 8.95. The van der Waals surface area contributed by atoms with E-state index in [9.17, 15) is 4.79 Å². The molecule has 68 valence electrons. The van der Waals surface area contributed by atoms with Gasteiger partial charge in [0, 0.05) is 11.1 Å². The van der Waals surface area contributed by atoms with Gasteiger partial charge < -0.3 is 5.11 Å². The van der Waals surface area contributed by atoms with Crippen LogP contribution in [0.5, 0.6) is 0 Å². The number of carboxylic acids is 1. The number of fused-ring (bicyclic) bond motifs is 1. The second-order valence-electron chi connectivity index (χ2n) is 2.50. The van der Waals surface area contributed by atoms with Crippen molar-refractivity contribution >= 4 is 44.9 Å². The average Bonchev–Trinajstić information content (AvgIpc) is 2.56. The summed E-state index contributed by atoms with van der Waals surface area (Å²) in [5, 5.41) is 10.5. The molecule has 1 N–H and O–H groups in total. The molecule has 4 nitrogen and oxygen atoms in total. The monoisotopic (exact) mass is 308 g/mol. The Morgan fingerprint density at radius 2 is 2.54 bits per heavy atom. The lowest BCUT2D eigenvalue weighted by Gasteiger charge is -1.94. The number of hydrogen-bond acceptors (Lipinski definition) is 3. The molecule has 0 aliphatic carbocycles. The average molecular weight is 308 g/mol. The number of thiazole rings is 1. The number of aromatic nitrogens is 2. The van der Waals surface area contributed by atoms with Gasteiger partial charge in [0.05, 0.1) is 12.6 Å². The summed E-state index contributed by atoms with van der Waals surface area (Å²) >= 11 is 3.60. The molecule has 0 spiro atoms. The summed E-state index contributed by atoms with van der Waals surface area (Å²) in [5.74, 6) is -0.816. The van der Waals surface area contributed by atoms with E-state index >= 15 is 0 Å². The van der Waals surface area contributed by atoms with Crippen molar-refractivity contribution in [3.63, 3.8) is 0 Å². The van der Waals surface area contributed by atoms with Crippen LogP contribution in [0.2, 0.25) is 0 Å². The number of nitrogens with zero attached hydrogens (tertiary/aromatic N) is 2. The van der Waals surface area contributed by atoms with E-state index in [1.54, 1.807) is 6.20 Å². The van der Waals surface area contributed by atoms with Crippen molar-refractivity contribution in [1.82, 2.24) is 9.38 Å². The zero-order valence-electron chi connectivity index (χ0n) is 6.40. The number of carboxylic acid groups (broad SMARTS) is 1. The third-order valence-corrected chi connectivity index (χ3v) is 3.26. The molecule has 0 bridgehead atoms. The number of imidazole rings is 1. The van der Waals surface area contributed by atoms with Crippen LogP contribution in [0, 0.1) is 3.70 Å². The topological polar surface area (TPSA) is 54.6 Å². The number of rotatable bonds is 2. The van der Waals surface area contributed by atoms with Gasteiger partial charge in [-0.05, 0) is 22.6 Å². The van der Waals surface area contributed by atoms with E-state index in [1.807, 2.05) is 9.78 Å². The quantitative estimate of drug-likeness (QED) is 0.858. The van der Waals surface area contributed by atoms with Crippen molar-refractivity contribution in [2.75, 3.05) is 0 Å². The molecule has 0 fully saturated rings. The minimum absolute atomic E-state index is 0.0480. The SMILES string of the molecule is O=C(O)Cc1csc2ncc(I)n12. The normalized spacial score (nSPS) is 10.8. The molecule has 0 aliphatic rings. The van der Waals surface area contributed by atoms with E-state index in [1.165, 1.54) is 11.3 Å². The molecule has 2 aromatic heterocycles. The van der Waals surface area contributed by atoms with Gasteiger partial charge in [-0.25, -0.2) is 4.98 Å². The lowest BCUT2D eigenvalue weighted by molar-refractivity contribution is -0.136. The Hall–Kier alpha value is -0.630. The van der Waals surface area contributed by atoms with E-state index in [0.29, 0.717) is 0 Å². The fourth-order valence-corrected chi connectivity index (χ4v) is 2.81. The zero-order chi connectivity index (χ0) is 9.42. The van der Waals surface area contributed by atoms with Crippen LogP contribution in [0.25, 0.3) is 4.96 Å². The molecule has 0 aliphatic heterocycles. The highest BCUT2D eigenvalue weighted by Gasteiger charge is 2.10. The third kappa shape index (κ3) is 1.55. The lowest BCUT2D eigenvalue weighted by Crippen LogP contribution is -2.03. The fourth-order valence-electron chi connectivity index (χ4n) is 1.11. The summed E-state index contributed by atoms with van der Waals surface area (Å²) in [4.78, 5) is 15.5. The van der Waals surface area contributed by atoms with E-state index in [2.05, 4.69) is 27.6 Å². The van der Waals surface area contributed by atoms with Crippen LogP contribution in [0.4, 0.5) is 0 Å². The van der Waals surface area contributed by atoms with Crippen LogP contribution < -0.4 is 0 Å². The van der Waals surface area contributed by atoms with Crippen LogP contribution in [0.15, 0.2) is 11.6 Å². The predicted molar refractivity (Wildman–Crippen MR) is 57.1 cm³/mol. The van der Waals surface area contributed by atoms with Gasteiger partial charge in [-0.15, -0.1) is 11.3 Å². The van der Waals surface area contributed by atoms with Crippen LogP contribution in [0.3, 0.4) is 0 Å². The first-order chi connectivity index (χ1) is 6.18. The van der Waals surface area contributed by atoms with E-state index in [4.69, 9.17) is 5.11 Å². The van der Waals surface area contributed by atoms with Crippen LogP contribution >= 0.6 is 33.9 Å². The van der Waals surface area contributed by atoms with Crippen LogP contribution in [0.1, 0.15) is 5.69 Å². The van der Waals surface area contributed by atoms with Crippen molar-refractivity contribution in [3.05, 3.63) is 21.0 Å². The molecule has 2 rings (SSSR count). The van der Waals surface area contributed by atoms with Crippen LogP contribution in [-0.4, -0.2) is 20.5 Å². The number of halogens is 1. The van der Waals surface area contributed by atoms with Crippen molar-refractivity contribution < 1.29 is 9.90 Å². The van der Waals surface area contributed by atoms with Crippen LogP contribution in [-0.2, 0) is 11.2 Å². The number of hydrogen-bond donors (Lipinski definition) is 1. The van der Waals surface area contributed by atoms with Crippen molar-refractivity contribution in [2.24, 2.45) is 0 Å². The molecule has 2 aromatic rings. The summed E-state index contributed by atoms with van der Waals surface area (Å²) in [7, 11) is 0. The molecular formula is C7H5IN2O2S. The Balaban J connectivity index is 2.55. The summed E-state index contributed by atoms with van der Waals surface area (Å²) in [6.45, 7) is 0. The minimum atomic E-state index is -0.816. The first-order valence-electron chi connectivity index (χ1n) is 3.49. The Bertz CT molecular complexity index is 462. The summed E-state index contributed by atoms with van der Waals surface area (Å²) in [5.41, 5.74) is 0.786. The summed E-state index contributed by atoms with van der Waals surface area (Å²) in [6.07, 6.45) is 1.78. The zero-order valence-corrected chi connectivity index (χ0v) is 9.37. The van der Waals surface area contributed by atoms with E-state index in [0.717, 1.165) is 14.4 Å². The lowest BCUT2D eigenvalue weighted by atomic mass is 10.3. The van der Waals surface area contributed by atoms with Gasteiger partial charge in [0.15, 0.2) is 4.96 Å². The molecule has 0 atom stereocenters. The Morgan fingerprint density at radius 1 is 1.77 bits per heavy atom. The van der Waals surface area contributed by atoms with Gasteiger partial charge in [-0.1, -0.05) is 0 Å². The minimum Gasteiger partial charge on any atom is -0.481 e. The summed E-state index contributed by atoms with van der Waals surface area (Å²) < 4.78 is 2.81. The predicted octanol–water partition coefficient (Wildman–Crippen LogP) is 1.63. The highest BCUT2D eigenvalue weighted by Crippen LogP contribution is 2.19. The molecule has 2 heterocycles. The second kappa shape index (κ2) is 3.26. The first-order valence-corrected chi connectivity index (χ1v) is 5.45. The third-order valence-electron chi connectivity index (χ3n) is 1.61. The molecule has 13 heavy (non-hydrogen) atoms. The Kier molecular flexibility index (Phi) is 2.24. The second-order valence-corrected chi connectivity index (χ2v) is 4.44. The van der Waals surface area contributed by atoms with Crippen molar-refractivity contribution in [3.8, 4) is 0 Å². The maximum absolute atomic E-state index is 10.5. The Labute approximate surface area is 91.4 Å². The molecule has 0 saturated carbocycles. The van der Waals surface area contributed by atoms with Crippen molar-refractivity contribution in [2.45, 2.75) is 6.42 Å². The highest BCUT2D eigenvalue weighted by molar-refractivity contribution is 14.1. The van der Waals surface area contributed by atoms with Gasteiger partial charge in [-0.3, -0.25) is 9.20 Å².